The van der Waals surface area contributed by atoms with Crippen LogP contribution in [0.15, 0.2) is 30.5 Å². The van der Waals surface area contributed by atoms with Gasteiger partial charge in [0.2, 0.25) is 0 Å². The number of piperidine rings is 1. The van der Waals surface area contributed by atoms with Gasteiger partial charge in [0.25, 0.3) is 0 Å². The molecule has 2 aromatic heterocycles. The Kier molecular flexibility index (Phi) is 7.47. The Morgan fingerprint density at radius 3 is 2.91 bits per heavy atom. The summed E-state index contributed by atoms with van der Waals surface area (Å²) >= 11 is 0. The maximum atomic E-state index is 16.8. The number of nitrogens with zero attached hydrogens (tertiary/aromatic N) is 4. The Bertz CT molecular complexity index is 1840. The van der Waals surface area contributed by atoms with E-state index in [9.17, 15) is 14.6 Å². The minimum atomic E-state index is -1.18. The van der Waals surface area contributed by atoms with Gasteiger partial charge in [-0.25, -0.2) is 8.78 Å². The van der Waals surface area contributed by atoms with Crippen LogP contribution in [-0.4, -0.2) is 76.3 Å². The van der Waals surface area contributed by atoms with Crippen LogP contribution in [0.5, 0.6) is 11.8 Å². The van der Waals surface area contributed by atoms with Crippen molar-refractivity contribution >= 4 is 27.5 Å². The molecule has 0 radical (unpaired) electrons. The lowest BCUT2D eigenvalue weighted by Crippen LogP contribution is -2.49. The van der Waals surface area contributed by atoms with E-state index in [1.165, 1.54) is 30.5 Å². The molecule has 0 amide bonds. The minimum absolute atomic E-state index is 0.0140. The van der Waals surface area contributed by atoms with Crippen molar-refractivity contribution in [3.05, 3.63) is 47.7 Å². The molecule has 9 nitrogen and oxygen atoms in total. The van der Waals surface area contributed by atoms with Gasteiger partial charge in [0.05, 0.1) is 37.3 Å². The number of nitrogens with one attached hydrogen (secondary N) is 1. The van der Waals surface area contributed by atoms with Crippen molar-refractivity contribution < 1.29 is 28.5 Å². The monoisotopic (exact) mass is 615 g/mol. The lowest BCUT2D eigenvalue weighted by atomic mass is 9.76. The summed E-state index contributed by atoms with van der Waals surface area (Å²) in [4.78, 5) is 15.6. The van der Waals surface area contributed by atoms with Crippen molar-refractivity contribution in [2.75, 3.05) is 44.4 Å². The fraction of sp³-hybridized carbons (Fsp3) is 0.441. The molecule has 4 heterocycles. The summed E-state index contributed by atoms with van der Waals surface area (Å²) in [6.45, 7) is 4.09. The SMILES string of the molecule is C#Cc1c(F)ccc2cc(O)cc(-c3ncc4c(N5CCOC[C@@](C)(O)C5)nc(OC[C@@]56CCCN[C@@H]5CCC6)nc4c3F)c12. The number of hydrogen-bond donors (Lipinski definition) is 3. The van der Waals surface area contributed by atoms with Crippen LogP contribution in [-0.2, 0) is 4.74 Å². The van der Waals surface area contributed by atoms with E-state index < -0.39 is 17.2 Å². The number of pyridine rings is 1. The summed E-state index contributed by atoms with van der Waals surface area (Å²) in [6, 6.07) is 5.81. The fourth-order valence-corrected chi connectivity index (χ4v) is 7.38. The molecule has 3 atom stereocenters. The van der Waals surface area contributed by atoms with Crippen molar-refractivity contribution in [3.63, 3.8) is 0 Å². The standard InChI is InChI=1S/C34H35F2N5O4/c1-3-22-25(35)8-7-20-14-21(42)15-23(27(20)22)29-28(36)30-24(16-38-29)31(41-12-13-44-18-33(2,43)17-41)40-32(39-30)45-19-34-9-4-6-26(34)37-11-5-10-34/h1,7-8,14-16,26,37,42-43H,4-6,9-13,17-19H2,2H3/t26-,33+,34-/m1/s1. The molecule has 0 spiro atoms. The number of β-amino-alcohol motifs (C(OH)–C–C–N with tert-alkyl or cyclic N) is 1. The maximum Gasteiger partial charge on any atom is 0.319 e. The molecule has 3 aliphatic rings. The maximum absolute atomic E-state index is 16.8. The predicted molar refractivity (Wildman–Crippen MR) is 166 cm³/mol. The summed E-state index contributed by atoms with van der Waals surface area (Å²) in [5.74, 6) is 1.13. The second-order valence-electron chi connectivity index (χ2n) is 12.8. The predicted octanol–water partition coefficient (Wildman–Crippen LogP) is 4.70. The van der Waals surface area contributed by atoms with Gasteiger partial charge in [0.1, 0.15) is 34.2 Å². The summed E-state index contributed by atoms with van der Waals surface area (Å²) in [5.41, 5.74) is -1.36. The molecule has 45 heavy (non-hydrogen) atoms. The van der Waals surface area contributed by atoms with Crippen LogP contribution in [0, 0.1) is 29.4 Å². The Balaban J connectivity index is 1.39. The number of aliphatic hydroxyl groups is 1. The van der Waals surface area contributed by atoms with Gasteiger partial charge in [-0.2, -0.15) is 9.97 Å². The van der Waals surface area contributed by atoms with Crippen molar-refractivity contribution in [1.29, 1.82) is 0 Å². The number of halogens is 2. The largest absolute Gasteiger partial charge is 0.508 e. The van der Waals surface area contributed by atoms with E-state index in [0.717, 1.165) is 38.6 Å². The average Bonchev–Trinajstić information content (AvgIpc) is 3.36. The molecule has 3 fully saturated rings. The summed E-state index contributed by atoms with van der Waals surface area (Å²) in [5, 5.41) is 26.1. The Hall–Kier alpha value is -4.11. The molecule has 1 aliphatic carbocycles. The zero-order chi connectivity index (χ0) is 31.3. The molecule has 2 aromatic carbocycles. The average molecular weight is 616 g/mol. The summed E-state index contributed by atoms with van der Waals surface area (Å²) < 4.78 is 43.5. The Morgan fingerprint density at radius 2 is 2.07 bits per heavy atom. The van der Waals surface area contributed by atoms with Crippen molar-refractivity contribution in [1.82, 2.24) is 20.3 Å². The third-order valence-electron chi connectivity index (χ3n) is 9.48. The zero-order valence-electron chi connectivity index (χ0n) is 25.1. The number of terminal acetylenes is 1. The van der Waals surface area contributed by atoms with Crippen LogP contribution in [0.4, 0.5) is 14.6 Å². The van der Waals surface area contributed by atoms with Crippen molar-refractivity contribution in [2.24, 2.45) is 5.41 Å². The number of benzene rings is 2. The molecule has 0 unspecified atom stereocenters. The molecule has 2 saturated heterocycles. The van der Waals surface area contributed by atoms with Gasteiger partial charge in [0.15, 0.2) is 5.82 Å². The normalized spacial score (nSPS) is 25.2. The number of phenols is 1. The highest BCUT2D eigenvalue weighted by Crippen LogP contribution is 2.45. The number of phenolic OH excluding ortho intramolecular Hbond substituents is 1. The smallest absolute Gasteiger partial charge is 0.319 e. The number of ether oxygens (including phenoxy) is 2. The van der Waals surface area contributed by atoms with Gasteiger partial charge < -0.3 is 29.9 Å². The van der Waals surface area contributed by atoms with E-state index in [0.29, 0.717) is 42.4 Å². The Morgan fingerprint density at radius 1 is 1.22 bits per heavy atom. The van der Waals surface area contributed by atoms with E-state index in [4.69, 9.17) is 20.9 Å². The minimum Gasteiger partial charge on any atom is -0.508 e. The van der Waals surface area contributed by atoms with E-state index in [1.54, 1.807) is 6.92 Å². The lowest BCUT2D eigenvalue weighted by Gasteiger charge is -2.39. The zero-order valence-corrected chi connectivity index (χ0v) is 25.1. The number of aromatic hydroxyl groups is 1. The van der Waals surface area contributed by atoms with Gasteiger partial charge in [-0.3, -0.25) is 4.98 Å². The molecule has 0 bridgehead atoms. The highest BCUT2D eigenvalue weighted by molar-refractivity contribution is 6.03. The first-order valence-electron chi connectivity index (χ1n) is 15.4. The first kappa shape index (κ1) is 29.6. The van der Waals surface area contributed by atoms with E-state index in [1.807, 2.05) is 4.90 Å². The Labute approximate surface area is 259 Å². The molecular weight excluding hydrogens is 580 g/mol. The van der Waals surface area contributed by atoms with Crippen LogP contribution in [0.2, 0.25) is 0 Å². The molecule has 4 aromatic rings. The molecular formula is C34H35F2N5O4. The van der Waals surface area contributed by atoms with Gasteiger partial charge in [-0.1, -0.05) is 18.4 Å². The van der Waals surface area contributed by atoms with Crippen LogP contribution >= 0.6 is 0 Å². The van der Waals surface area contributed by atoms with E-state index >= 15 is 4.39 Å². The van der Waals surface area contributed by atoms with Crippen LogP contribution in [0.3, 0.4) is 0 Å². The highest BCUT2D eigenvalue weighted by Gasteiger charge is 2.45. The number of fused-ring (bicyclic) bond motifs is 3. The lowest BCUT2D eigenvalue weighted by molar-refractivity contribution is -0.0123. The van der Waals surface area contributed by atoms with Crippen molar-refractivity contribution in [2.45, 2.75) is 50.7 Å². The number of hydrogen-bond acceptors (Lipinski definition) is 9. The van der Waals surface area contributed by atoms with Crippen molar-refractivity contribution in [3.8, 4) is 35.4 Å². The van der Waals surface area contributed by atoms with E-state index in [-0.39, 0.29) is 58.1 Å². The third kappa shape index (κ3) is 5.31. The summed E-state index contributed by atoms with van der Waals surface area (Å²) in [6.07, 6.45) is 12.4. The fourth-order valence-electron chi connectivity index (χ4n) is 7.38. The summed E-state index contributed by atoms with van der Waals surface area (Å²) in [7, 11) is 0. The van der Waals surface area contributed by atoms with Gasteiger partial charge in [-0.15, -0.1) is 6.42 Å². The van der Waals surface area contributed by atoms with Gasteiger partial charge in [-0.05, 0) is 62.7 Å². The molecule has 7 rings (SSSR count). The molecule has 2 aliphatic heterocycles. The molecule has 1 saturated carbocycles. The van der Waals surface area contributed by atoms with E-state index in [2.05, 4.69) is 21.2 Å². The quantitative estimate of drug-likeness (QED) is 0.275. The second kappa shape index (κ2) is 11.4. The highest BCUT2D eigenvalue weighted by atomic mass is 19.1. The van der Waals surface area contributed by atoms with Gasteiger partial charge in [0, 0.05) is 35.1 Å². The van der Waals surface area contributed by atoms with Crippen LogP contribution < -0.4 is 15.0 Å². The number of anilines is 1. The first-order chi connectivity index (χ1) is 21.7. The van der Waals surface area contributed by atoms with Crippen LogP contribution in [0.25, 0.3) is 32.9 Å². The third-order valence-corrected chi connectivity index (χ3v) is 9.48. The topological polar surface area (TPSA) is 113 Å². The first-order valence-corrected chi connectivity index (χ1v) is 15.4. The number of rotatable bonds is 5. The molecule has 3 N–H and O–H groups in total. The molecule has 234 valence electrons. The van der Waals surface area contributed by atoms with Gasteiger partial charge >= 0.3 is 6.01 Å². The molecule has 11 heteroatoms. The second-order valence-corrected chi connectivity index (χ2v) is 12.8. The number of aromatic nitrogens is 3. The van der Waals surface area contributed by atoms with Crippen LogP contribution in [0.1, 0.15) is 44.6 Å².